The van der Waals surface area contributed by atoms with E-state index in [2.05, 4.69) is 51.2 Å². The molecule has 2 heterocycles. The fraction of sp³-hybridized carbons (Fsp3) is 0.281. The number of aliphatic imine (C=N–C) groups is 1. The number of nitrogens with zero attached hydrogens (tertiary/aromatic N) is 1. The van der Waals surface area contributed by atoms with Crippen LogP contribution in [-0.4, -0.2) is 11.8 Å². The lowest BCUT2D eigenvalue weighted by atomic mass is 9.76. The summed E-state index contributed by atoms with van der Waals surface area (Å²) in [5.74, 6) is 0. The lowest BCUT2D eigenvalue weighted by Crippen LogP contribution is -2.67. The third-order valence-electron chi connectivity index (χ3n) is 8.52. The molecule has 0 radical (unpaired) electrons. The first-order valence-electron chi connectivity index (χ1n) is 12.6. The topological polar surface area (TPSA) is 58.5 Å². The minimum atomic E-state index is -0.432. The quantitative estimate of drug-likeness (QED) is 0.401. The molecule has 2 aliphatic heterocycles. The summed E-state index contributed by atoms with van der Waals surface area (Å²) in [7, 11) is 0. The van der Waals surface area contributed by atoms with Crippen molar-refractivity contribution in [3.8, 4) is 0 Å². The second kappa shape index (κ2) is 7.75. The molecule has 4 nitrogen and oxygen atoms in total. The van der Waals surface area contributed by atoms with Crippen molar-refractivity contribution in [1.29, 1.82) is 0 Å². The summed E-state index contributed by atoms with van der Waals surface area (Å²) in [5.41, 5.74) is 5.20. The summed E-state index contributed by atoms with van der Waals surface area (Å²) in [4.78, 5) is 32.1. The van der Waals surface area contributed by atoms with Crippen LogP contribution >= 0.6 is 11.6 Å². The first-order chi connectivity index (χ1) is 17.4. The van der Waals surface area contributed by atoms with E-state index in [9.17, 15) is 9.59 Å². The number of nitrogens with one attached hydrogen (secondary N) is 1. The Morgan fingerprint density at radius 2 is 1.62 bits per heavy atom. The summed E-state index contributed by atoms with van der Waals surface area (Å²) < 4.78 is 0. The van der Waals surface area contributed by atoms with Crippen molar-refractivity contribution in [2.24, 2.45) is 4.99 Å². The molecule has 0 aromatic heterocycles. The fourth-order valence-electron chi connectivity index (χ4n) is 6.61. The summed E-state index contributed by atoms with van der Waals surface area (Å²) >= 11 is 6.26. The zero-order valence-electron chi connectivity index (χ0n) is 21.9. The lowest BCUT2D eigenvalue weighted by Gasteiger charge is -2.29. The van der Waals surface area contributed by atoms with E-state index < -0.39 is 5.41 Å². The summed E-state index contributed by atoms with van der Waals surface area (Å²) in [6.45, 7) is 12.2. The number of benzene rings is 3. The largest absolute Gasteiger partial charge is 0.377 e. The zero-order chi connectivity index (χ0) is 26.4. The highest BCUT2D eigenvalue weighted by Gasteiger charge is 2.42. The molecule has 5 heteroatoms. The molecule has 6 rings (SSSR count). The van der Waals surface area contributed by atoms with E-state index in [4.69, 9.17) is 16.6 Å². The Labute approximate surface area is 220 Å². The minimum absolute atomic E-state index is 0.179. The fourth-order valence-corrected chi connectivity index (χ4v) is 6.78. The Morgan fingerprint density at radius 1 is 0.919 bits per heavy atom. The molecule has 0 amide bonds. The summed E-state index contributed by atoms with van der Waals surface area (Å²) in [6.07, 6.45) is 0. The molecule has 4 aromatic rings. The summed E-state index contributed by atoms with van der Waals surface area (Å²) in [6, 6.07) is 18.0. The van der Waals surface area contributed by atoms with Gasteiger partial charge >= 0.3 is 0 Å². The number of halogens is 1. The van der Waals surface area contributed by atoms with Gasteiger partial charge in [0.15, 0.2) is 0 Å². The van der Waals surface area contributed by atoms with E-state index in [1.54, 1.807) is 0 Å². The molecule has 186 valence electrons. The van der Waals surface area contributed by atoms with Crippen molar-refractivity contribution in [3.05, 3.63) is 102 Å². The molecule has 1 atom stereocenters. The highest BCUT2D eigenvalue weighted by molar-refractivity contribution is 6.30. The molecule has 37 heavy (non-hydrogen) atoms. The Morgan fingerprint density at radius 3 is 2.35 bits per heavy atom. The van der Waals surface area contributed by atoms with Gasteiger partial charge in [-0.25, -0.2) is 0 Å². The van der Waals surface area contributed by atoms with Crippen LogP contribution in [0.4, 0.5) is 11.4 Å². The van der Waals surface area contributed by atoms with Crippen LogP contribution in [0.5, 0.6) is 0 Å². The highest BCUT2D eigenvalue weighted by atomic mass is 35.5. The maximum Gasteiger partial charge on any atom is 0.201 e. The van der Waals surface area contributed by atoms with Gasteiger partial charge in [0.1, 0.15) is 0 Å². The molecule has 0 bridgehead atoms. The van der Waals surface area contributed by atoms with Gasteiger partial charge in [-0.3, -0.25) is 14.6 Å². The normalized spacial score (nSPS) is 18.9. The van der Waals surface area contributed by atoms with Gasteiger partial charge in [0.25, 0.3) is 0 Å². The van der Waals surface area contributed by atoms with Crippen LogP contribution < -0.4 is 26.6 Å². The Kier molecular flexibility index (Phi) is 5.00. The molecule has 2 aliphatic rings. The van der Waals surface area contributed by atoms with Crippen molar-refractivity contribution in [3.63, 3.8) is 0 Å². The molecule has 0 aliphatic carbocycles. The van der Waals surface area contributed by atoms with E-state index in [0.29, 0.717) is 10.6 Å². The standard InChI is InChI=1S/C32H29ClN2O2/c1-16(29-31(3,4)21-15-19(33)12-14-22(21)34-29)24-27(36)25(28(24)37)17(2)30-32(5,6)26-20-10-8-7-9-18(20)11-13-23(26)35-30/h7-15,29,34H,1-6H3. The number of hydrogen-bond donors (Lipinski definition) is 1. The van der Waals surface area contributed by atoms with Crippen LogP contribution in [-0.2, 0) is 10.8 Å². The van der Waals surface area contributed by atoms with Gasteiger partial charge in [0.05, 0.1) is 27.9 Å². The van der Waals surface area contributed by atoms with E-state index in [1.165, 1.54) is 0 Å². The van der Waals surface area contributed by atoms with E-state index in [-0.39, 0.29) is 32.8 Å². The van der Waals surface area contributed by atoms with Crippen molar-refractivity contribution in [2.45, 2.75) is 58.4 Å². The van der Waals surface area contributed by atoms with Gasteiger partial charge in [-0.05, 0) is 71.2 Å². The lowest BCUT2D eigenvalue weighted by molar-refractivity contribution is 0.523. The average Bonchev–Trinajstić information content (AvgIpc) is 3.28. The Hall–Kier alpha value is -3.50. The van der Waals surface area contributed by atoms with Crippen molar-refractivity contribution >= 4 is 50.6 Å². The smallest absolute Gasteiger partial charge is 0.201 e. The maximum absolute atomic E-state index is 13.6. The van der Waals surface area contributed by atoms with Gasteiger partial charge in [-0.15, -0.1) is 0 Å². The van der Waals surface area contributed by atoms with Gasteiger partial charge in [0.2, 0.25) is 10.9 Å². The van der Waals surface area contributed by atoms with Gasteiger partial charge < -0.3 is 5.32 Å². The van der Waals surface area contributed by atoms with E-state index in [1.807, 2.05) is 50.2 Å². The van der Waals surface area contributed by atoms with Gasteiger partial charge in [-0.1, -0.05) is 69.6 Å². The Bertz CT molecular complexity index is 1850. The molecule has 0 spiro atoms. The third kappa shape index (κ3) is 3.18. The predicted molar refractivity (Wildman–Crippen MR) is 155 cm³/mol. The summed E-state index contributed by atoms with van der Waals surface area (Å²) in [5, 5.41) is 7.05. The molecular formula is C32H29ClN2O2. The molecule has 1 unspecified atom stereocenters. The van der Waals surface area contributed by atoms with Crippen LogP contribution in [0.2, 0.25) is 5.02 Å². The van der Waals surface area contributed by atoms with Crippen LogP contribution in [0.1, 0.15) is 52.7 Å². The predicted octanol–water partition coefficient (Wildman–Crippen LogP) is 5.27. The van der Waals surface area contributed by atoms with Crippen LogP contribution in [0, 0.1) is 0 Å². The number of rotatable bonds is 2. The van der Waals surface area contributed by atoms with Crippen molar-refractivity contribution in [1.82, 2.24) is 0 Å². The molecule has 0 fully saturated rings. The van der Waals surface area contributed by atoms with Gasteiger partial charge in [-0.2, -0.15) is 0 Å². The van der Waals surface area contributed by atoms with E-state index >= 15 is 0 Å². The first kappa shape index (κ1) is 23.9. The van der Waals surface area contributed by atoms with Gasteiger partial charge in [0, 0.05) is 21.5 Å². The molecule has 4 aromatic carbocycles. The zero-order valence-corrected chi connectivity index (χ0v) is 22.7. The first-order valence-corrected chi connectivity index (χ1v) is 13.0. The van der Waals surface area contributed by atoms with Crippen molar-refractivity contribution < 1.29 is 0 Å². The maximum atomic E-state index is 13.6. The minimum Gasteiger partial charge on any atom is -0.377 e. The average molecular weight is 509 g/mol. The van der Waals surface area contributed by atoms with Crippen LogP contribution in [0.25, 0.3) is 21.9 Å². The van der Waals surface area contributed by atoms with Crippen molar-refractivity contribution in [2.75, 3.05) is 5.32 Å². The van der Waals surface area contributed by atoms with E-state index in [0.717, 1.165) is 44.6 Å². The van der Waals surface area contributed by atoms with Crippen LogP contribution in [0.15, 0.2) is 69.2 Å². The SMILES string of the molecule is CC(C1=Nc2ccc3ccccc3c2C1(C)C)=c1c(=O)c(=C(C)C2Nc3ccc(Cl)cc3C2(C)C)c1=O. The molecule has 0 saturated heterocycles. The highest BCUT2D eigenvalue weighted by Crippen LogP contribution is 2.46. The monoisotopic (exact) mass is 508 g/mol. The number of anilines is 1. The molecular weight excluding hydrogens is 480 g/mol. The van der Waals surface area contributed by atoms with Crippen LogP contribution in [0.3, 0.4) is 0 Å². The number of hydrogen-bond acceptors (Lipinski definition) is 4. The molecule has 1 N–H and O–H groups in total. The second-order valence-electron chi connectivity index (χ2n) is 11.5. The third-order valence-corrected chi connectivity index (χ3v) is 8.75. The Balaban J connectivity index is 1.48. The number of fused-ring (bicyclic) bond motifs is 4. The second-order valence-corrected chi connectivity index (χ2v) is 11.9. The molecule has 0 saturated carbocycles.